The Hall–Kier alpha value is -2.38. The van der Waals surface area contributed by atoms with Gasteiger partial charge in [-0.1, -0.05) is 6.07 Å². The molecule has 2 aromatic heterocycles. The second-order valence-corrected chi connectivity index (χ2v) is 10.3. The molecule has 1 aliphatic heterocycles. The number of aromatic amines is 1. The van der Waals surface area contributed by atoms with Gasteiger partial charge in [-0.25, -0.2) is 17.7 Å². The number of anilines is 1. The van der Waals surface area contributed by atoms with Crippen LogP contribution >= 0.6 is 0 Å². The third kappa shape index (κ3) is 3.96. The molecule has 0 bridgehead atoms. The molecule has 1 fully saturated rings. The SMILES string of the molecule is CCN(C)c1ccc(-c2ccc3[nH]cc(C4CCN(S(=O)(=O)CC)CC4)c3c2)cn1. The van der Waals surface area contributed by atoms with Gasteiger partial charge in [0, 0.05) is 55.5 Å². The third-order valence-electron chi connectivity index (χ3n) is 6.31. The van der Waals surface area contributed by atoms with Crippen molar-refractivity contribution in [3.8, 4) is 11.1 Å². The lowest BCUT2D eigenvalue weighted by molar-refractivity contribution is 0.321. The van der Waals surface area contributed by atoms with Gasteiger partial charge in [0.15, 0.2) is 0 Å². The first kappa shape index (κ1) is 20.9. The average molecular weight is 427 g/mol. The van der Waals surface area contributed by atoms with Gasteiger partial charge in [-0.05, 0) is 68.0 Å². The second kappa shape index (κ2) is 8.40. The van der Waals surface area contributed by atoms with Gasteiger partial charge in [-0.2, -0.15) is 0 Å². The first-order valence-electron chi connectivity index (χ1n) is 10.7. The molecule has 1 saturated heterocycles. The zero-order valence-corrected chi connectivity index (χ0v) is 18.7. The van der Waals surface area contributed by atoms with E-state index in [0.29, 0.717) is 19.0 Å². The Morgan fingerprint density at radius 1 is 1.13 bits per heavy atom. The Morgan fingerprint density at radius 2 is 1.87 bits per heavy atom. The van der Waals surface area contributed by atoms with Crippen LogP contribution in [0, 0.1) is 0 Å². The van der Waals surface area contributed by atoms with E-state index in [-0.39, 0.29) is 5.75 Å². The van der Waals surface area contributed by atoms with E-state index in [1.807, 2.05) is 13.2 Å². The number of nitrogens with zero attached hydrogens (tertiary/aromatic N) is 3. The molecule has 0 saturated carbocycles. The van der Waals surface area contributed by atoms with E-state index in [2.05, 4.69) is 58.3 Å². The quantitative estimate of drug-likeness (QED) is 0.641. The number of rotatable bonds is 6. The lowest BCUT2D eigenvalue weighted by atomic mass is 9.89. The van der Waals surface area contributed by atoms with Gasteiger partial charge < -0.3 is 9.88 Å². The maximum atomic E-state index is 12.2. The van der Waals surface area contributed by atoms with Crippen molar-refractivity contribution in [1.82, 2.24) is 14.3 Å². The molecule has 1 aliphatic rings. The molecule has 0 radical (unpaired) electrons. The molecule has 0 aliphatic carbocycles. The summed E-state index contributed by atoms with van der Waals surface area (Å²) in [5.41, 5.74) is 4.65. The zero-order chi connectivity index (χ0) is 21.3. The molecule has 0 spiro atoms. The van der Waals surface area contributed by atoms with Gasteiger partial charge in [0.25, 0.3) is 0 Å². The standard InChI is InChI=1S/C23H30N4O2S/c1-4-26(3)23-9-7-19(15-25-23)18-6-8-22-20(14-18)21(16-24-22)17-10-12-27(13-11-17)30(28,29)5-2/h6-9,14-17,24H,4-5,10-13H2,1-3H3. The molecular weight excluding hydrogens is 396 g/mol. The van der Waals surface area contributed by atoms with E-state index in [9.17, 15) is 8.42 Å². The van der Waals surface area contributed by atoms with Crippen LogP contribution in [0.25, 0.3) is 22.0 Å². The van der Waals surface area contributed by atoms with E-state index in [1.165, 1.54) is 10.9 Å². The van der Waals surface area contributed by atoms with Crippen LogP contribution in [0.4, 0.5) is 5.82 Å². The molecule has 4 rings (SSSR count). The summed E-state index contributed by atoms with van der Waals surface area (Å²) < 4.78 is 26.0. The van der Waals surface area contributed by atoms with E-state index < -0.39 is 10.0 Å². The lowest BCUT2D eigenvalue weighted by Crippen LogP contribution is -2.38. The number of piperidine rings is 1. The fraction of sp³-hybridized carbons (Fsp3) is 0.435. The van der Waals surface area contributed by atoms with Crippen LogP contribution < -0.4 is 4.90 Å². The molecule has 0 atom stereocenters. The lowest BCUT2D eigenvalue weighted by Gasteiger charge is -2.30. The largest absolute Gasteiger partial charge is 0.361 e. The van der Waals surface area contributed by atoms with Crippen LogP contribution in [0.2, 0.25) is 0 Å². The Bertz CT molecular complexity index is 1110. The molecule has 0 unspecified atom stereocenters. The van der Waals surface area contributed by atoms with Crippen molar-refractivity contribution in [2.45, 2.75) is 32.6 Å². The number of fused-ring (bicyclic) bond motifs is 1. The number of H-pyrrole nitrogens is 1. The van der Waals surface area contributed by atoms with Crippen molar-refractivity contribution in [2.75, 3.05) is 37.3 Å². The minimum Gasteiger partial charge on any atom is -0.361 e. The van der Waals surface area contributed by atoms with Gasteiger partial charge in [0.05, 0.1) is 5.75 Å². The van der Waals surface area contributed by atoms with Gasteiger partial charge in [-0.3, -0.25) is 0 Å². The summed E-state index contributed by atoms with van der Waals surface area (Å²) in [5.74, 6) is 1.52. The number of hydrogen-bond donors (Lipinski definition) is 1. The first-order valence-corrected chi connectivity index (χ1v) is 12.3. The highest BCUT2D eigenvalue weighted by Gasteiger charge is 2.28. The Labute approximate surface area is 179 Å². The summed E-state index contributed by atoms with van der Waals surface area (Å²) in [6.45, 7) is 5.94. The first-order chi connectivity index (χ1) is 14.4. The summed E-state index contributed by atoms with van der Waals surface area (Å²) >= 11 is 0. The number of nitrogens with one attached hydrogen (secondary N) is 1. The molecular formula is C23H30N4O2S. The van der Waals surface area contributed by atoms with E-state index in [1.54, 1.807) is 11.2 Å². The predicted octanol–water partition coefficient (Wildman–Crippen LogP) is 4.22. The Balaban J connectivity index is 1.58. The van der Waals surface area contributed by atoms with E-state index >= 15 is 0 Å². The molecule has 0 amide bonds. The number of aromatic nitrogens is 2. The van der Waals surface area contributed by atoms with Gasteiger partial charge in [0.2, 0.25) is 10.0 Å². The second-order valence-electron chi connectivity index (χ2n) is 8.00. The normalized spacial score (nSPS) is 16.2. The predicted molar refractivity (Wildman–Crippen MR) is 123 cm³/mol. The summed E-state index contributed by atoms with van der Waals surface area (Å²) in [6.07, 6.45) is 5.75. The number of pyridine rings is 1. The monoisotopic (exact) mass is 426 g/mol. The van der Waals surface area contributed by atoms with Gasteiger partial charge in [-0.15, -0.1) is 0 Å². The average Bonchev–Trinajstić information content (AvgIpc) is 3.22. The topological polar surface area (TPSA) is 69.3 Å². The van der Waals surface area contributed by atoms with Crippen LogP contribution in [-0.2, 0) is 10.0 Å². The highest BCUT2D eigenvalue weighted by atomic mass is 32.2. The zero-order valence-electron chi connectivity index (χ0n) is 17.9. The smallest absolute Gasteiger partial charge is 0.213 e. The van der Waals surface area contributed by atoms with Gasteiger partial charge in [0.1, 0.15) is 5.82 Å². The van der Waals surface area contributed by atoms with Crippen molar-refractivity contribution >= 4 is 26.7 Å². The molecule has 30 heavy (non-hydrogen) atoms. The van der Waals surface area contributed by atoms with Crippen molar-refractivity contribution in [2.24, 2.45) is 0 Å². The molecule has 3 heterocycles. The maximum absolute atomic E-state index is 12.2. The molecule has 160 valence electrons. The van der Waals surface area contributed by atoms with Crippen molar-refractivity contribution in [3.63, 3.8) is 0 Å². The molecule has 6 nitrogen and oxygen atoms in total. The van der Waals surface area contributed by atoms with Crippen LogP contribution in [0.5, 0.6) is 0 Å². The fourth-order valence-corrected chi connectivity index (χ4v) is 5.36. The van der Waals surface area contributed by atoms with E-state index in [4.69, 9.17) is 0 Å². The van der Waals surface area contributed by atoms with E-state index in [0.717, 1.165) is 41.8 Å². The number of hydrogen-bond acceptors (Lipinski definition) is 4. The molecule has 3 aromatic rings. The van der Waals surface area contributed by atoms with Crippen LogP contribution in [-0.4, -0.2) is 55.1 Å². The third-order valence-corrected chi connectivity index (χ3v) is 8.19. The highest BCUT2D eigenvalue weighted by Crippen LogP contribution is 2.35. The molecule has 1 aromatic carbocycles. The summed E-state index contributed by atoms with van der Waals surface area (Å²) in [4.78, 5) is 10.1. The van der Waals surface area contributed by atoms with Crippen molar-refractivity contribution in [3.05, 3.63) is 48.3 Å². The maximum Gasteiger partial charge on any atom is 0.213 e. The highest BCUT2D eigenvalue weighted by molar-refractivity contribution is 7.89. The van der Waals surface area contributed by atoms with Crippen LogP contribution in [0.3, 0.4) is 0 Å². The summed E-state index contributed by atoms with van der Waals surface area (Å²) in [6, 6.07) is 10.7. The minimum atomic E-state index is -3.10. The number of benzene rings is 1. The Morgan fingerprint density at radius 3 is 2.50 bits per heavy atom. The van der Waals surface area contributed by atoms with Gasteiger partial charge >= 0.3 is 0 Å². The van der Waals surface area contributed by atoms with Crippen LogP contribution in [0.1, 0.15) is 38.2 Å². The molecule has 7 heteroatoms. The fourth-order valence-electron chi connectivity index (χ4n) is 4.23. The summed E-state index contributed by atoms with van der Waals surface area (Å²) in [5, 5.41) is 1.22. The molecule has 1 N–H and O–H groups in total. The van der Waals surface area contributed by atoms with Crippen molar-refractivity contribution in [1.29, 1.82) is 0 Å². The number of sulfonamides is 1. The Kier molecular flexibility index (Phi) is 5.84. The van der Waals surface area contributed by atoms with Crippen LogP contribution in [0.15, 0.2) is 42.7 Å². The van der Waals surface area contributed by atoms with Crippen molar-refractivity contribution < 1.29 is 8.42 Å². The minimum absolute atomic E-state index is 0.176. The summed E-state index contributed by atoms with van der Waals surface area (Å²) in [7, 11) is -1.06.